The van der Waals surface area contributed by atoms with E-state index in [2.05, 4.69) is 4.52 Å². The van der Waals surface area contributed by atoms with Gasteiger partial charge in [0.1, 0.15) is 0 Å². The first-order valence-corrected chi connectivity index (χ1v) is 4.83. The minimum absolute atomic E-state index is 0.0483. The van der Waals surface area contributed by atoms with Gasteiger partial charge in [-0.1, -0.05) is 11.3 Å². The average molecular weight is 223 g/mol. The van der Waals surface area contributed by atoms with Gasteiger partial charge in [-0.15, -0.1) is 4.89 Å². The maximum absolute atomic E-state index is 10.3. The van der Waals surface area contributed by atoms with Gasteiger partial charge in [-0.2, -0.15) is 0 Å². The summed E-state index contributed by atoms with van der Waals surface area (Å²) in [7, 11) is -2.81. The van der Waals surface area contributed by atoms with Crippen molar-refractivity contribution in [3.05, 3.63) is 16.2 Å². The van der Waals surface area contributed by atoms with E-state index in [-0.39, 0.29) is 15.8 Å². The molecule has 9 heteroatoms. The topological polar surface area (TPSA) is 116 Å². The minimum atomic E-state index is -2.81. The monoisotopic (exact) mass is 223 g/mol. The van der Waals surface area contributed by atoms with E-state index in [1.165, 1.54) is 0 Å². The second-order valence-corrected chi connectivity index (χ2v) is 3.61. The molecule has 1 heterocycles. The zero-order valence-corrected chi connectivity index (χ0v) is 7.75. The molecule has 1 unspecified atom stereocenters. The van der Waals surface area contributed by atoms with Gasteiger partial charge in [0, 0.05) is 4.57 Å². The van der Waals surface area contributed by atoms with Crippen LogP contribution in [0.3, 0.4) is 0 Å². The van der Waals surface area contributed by atoms with Crippen molar-refractivity contribution in [2.24, 2.45) is 0 Å². The molecule has 70 valence electrons. The molecule has 0 amide bonds. The molecule has 1 aromatic heterocycles. The van der Waals surface area contributed by atoms with E-state index in [4.69, 9.17) is 10.6 Å². The number of nitro groups is 1. The molecule has 1 aromatic rings. The largest absolute Gasteiger partial charge is 0.748 e. The molecule has 0 fully saturated rings. The Balaban J connectivity index is 2.95. The van der Waals surface area contributed by atoms with Crippen molar-refractivity contribution in [2.45, 2.75) is 0 Å². The first kappa shape index (κ1) is 9.85. The van der Waals surface area contributed by atoms with Crippen LogP contribution in [0, 0.1) is 10.1 Å². The Hall–Kier alpha value is -1.24. The van der Waals surface area contributed by atoms with E-state index in [1.54, 1.807) is 0 Å². The fourth-order valence-electron chi connectivity index (χ4n) is 0.638. The summed E-state index contributed by atoms with van der Waals surface area (Å²) in [5, 5.41) is 10.2. The van der Waals surface area contributed by atoms with Crippen molar-refractivity contribution in [3.8, 4) is 5.06 Å². The molecule has 0 aliphatic heterocycles. The standard InChI is InChI=1S/C4H3N2O5PS/c5-4-2(6(7)8)1-3(13-4)11-12(9)10/h1H,5H2/p+1. The summed E-state index contributed by atoms with van der Waals surface area (Å²) in [6.45, 7) is 0. The Morgan fingerprint density at radius 3 is 2.77 bits per heavy atom. The molecule has 1 rings (SSSR count). The molecule has 0 saturated carbocycles. The molecule has 0 bridgehead atoms. The van der Waals surface area contributed by atoms with Gasteiger partial charge >= 0.3 is 13.9 Å². The first-order valence-electron chi connectivity index (χ1n) is 2.88. The summed E-state index contributed by atoms with van der Waals surface area (Å²) in [5.41, 5.74) is 4.92. The predicted molar refractivity (Wildman–Crippen MR) is 45.8 cm³/mol. The van der Waals surface area contributed by atoms with Crippen LogP contribution in [-0.4, -0.2) is 9.82 Å². The van der Waals surface area contributed by atoms with Crippen LogP contribution in [0.4, 0.5) is 10.7 Å². The highest BCUT2D eigenvalue weighted by atomic mass is 32.1. The lowest BCUT2D eigenvalue weighted by Crippen LogP contribution is -1.89. The lowest BCUT2D eigenvalue weighted by molar-refractivity contribution is -0.383. The quantitative estimate of drug-likeness (QED) is 0.452. The highest BCUT2D eigenvalue weighted by molar-refractivity contribution is 7.33. The lowest BCUT2D eigenvalue weighted by Gasteiger charge is -1.83. The van der Waals surface area contributed by atoms with E-state index < -0.39 is 13.2 Å². The molecule has 1 atom stereocenters. The summed E-state index contributed by atoms with van der Waals surface area (Å²) in [6, 6.07) is 1.00. The Morgan fingerprint density at radius 2 is 2.38 bits per heavy atom. The number of anilines is 1. The van der Waals surface area contributed by atoms with E-state index >= 15 is 0 Å². The molecule has 7 nitrogen and oxygen atoms in total. The summed E-state index contributed by atoms with van der Waals surface area (Å²) < 4.78 is 14.5. The smallest absolute Gasteiger partial charge is 0.385 e. The van der Waals surface area contributed by atoms with Crippen LogP contribution in [-0.2, 0) is 4.57 Å². The second kappa shape index (κ2) is 3.65. The molecule has 0 aliphatic rings. The van der Waals surface area contributed by atoms with Crippen LogP contribution in [0.2, 0.25) is 0 Å². The predicted octanol–water partition coefficient (Wildman–Crippen LogP) is 1.27. The lowest BCUT2D eigenvalue weighted by atomic mass is 10.5. The molecular formula is C4H4N2O5PS+. The third-order valence-electron chi connectivity index (χ3n) is 1.08. The molecule has 0 saturated heterocycles. The van der Waals surface area contributed by atoms with Crippen molar-refractivity contribution in [1.82, 2.24) is 0 Å². The average Bonchev–Trinajstić information content (AvgIpc) is 2.29. The summed E-state index contributed by atoms with van der Waals surface area (Å²) >= 11 is 0.741. The summed E-state index contributed by atoms with van der Waals surface area (Å²) in [6.07, 6.45) is 0. The summed E-state index contributed by atoms with van der Waals surface area (Å²) in [4.78, 5) is 17.9. The van der Waals surface area contributed by atoms with Crippen LogP contribution in [0.1, 0.15) is 0 Å². The van der Waals surface area contributed by atoms with Gasteiger partial charge in [0.25, 0.3) is 5.06 Å². The van der Waals surface area contributed by atoms with Gasteiger partial charge < -0.3 is 5.73 Å². The SMILES string of the molecule is Nc1sc(O[P+](=O)O)cc1[N+](=O)[O-]. The number of rotatable bonds is 3. The number of thiophene rings is 1. The van der Waals surface area contributed by atoms with E-state index in [9.17, 15) is 14.7 Å². The van der Waals surface area contributed by atoms with Crippen molar-refractivity contribution in [1.29, 1.82) is 0 Å². The Kier molecular flexibility index (Phi) is 2.76. The third-order valence-corrected chi connectivity index (χ3v) is 2.39. The number of nitrogen functional groups attached to an aromatic ring is 1. The molecule has 0 radical (unpaired) electrons. The number of nitrogens with zero attached hydrogens (tertiary/aromatic N) is 1. The second-order valence-electron chi connectivity index (χ2n) is 1.90. The molecular weight excluding hydrogens is 219 g/mol. The molecule has 13 heavy (non-hydrogen) atoms. The van der Waals surface area contributed by atoms with Gasteiger partial charge in [-0.25, -0.2) is 4.52 Å². The Bertz CT molecular complexity index is 363. The third kappa shape index (κ3) is 2.35. The van der Waals surface area contributed by atoms with Crippen molar-refractivity contribution < 1.29 is 18.9 Å². The van der Waals surface area contributed by atoms with Gasteiger partial charge in [-0.3, -0.25) is 10.1 Å². The Morgan fingerprint density at radius 1 is 1.77 bits per heavy atom. The van der Waals surface area contributed by atoms with Crippen LogP contribution in [0.25, 0.3) is 0 Å². The number of hydrogen-bond acceptors (Lipinski definition) is 6. The number of hydrogen-bond donors (Lipinski definition) is 2. The molecule has 0 aliphatic carbocycles. The van der Waals surface area contributed by atoms with Gasteiger partial charge in [0.2, 0.25) is 0 Å². The van der Waals surface area contributed by atoms with Gasteiger partial charge in [0.05, 0.1) is 11.0 Å². The van der Waals surface area contributed by atoms with Crippen molar-refractivity contribution in [3.63, 3.8) is 0 Å². The van der Waals surface area contributed by atoms with Crippen LogP contribution in [0.5, 0.6) is 5.06 Å². The molecule has 0 spiro atoms. The normalized spacial score (nSPS) is 11.0. The maximum atomic E-state index is 10.3. The fourth-order valence-corrected chi connectivity index (χ4v) is 1.81. The van der Waals surface area contributed by atoms with Crippen LogP contribution < -0.4 is 10.3 Å². The van der Waals surface area contributed by atoms with Crippen LogP contribution >= 0.6 is 19.6 Å². The minimum Gasteiger partial charge on any atom is -0.385 e. The molecule has 3 N–H and O–H groups in total. The van der Waals surface area contributed by atoms with E-state index in [0.717, 1.165) is 17.4 Å². The van der Waals surface area contributed by atoms with Gasteiger partial charge in [-0.05, 0) is 0 Å². The fraction of sp³-hybridized carbons (Fsp3) is 0. The highest BCUT2D eigenvalue weighted by Crippen LogP contribution is 2.39. The zero-order valence-electron chi connectivity index (χ0n) is 6.04. The highest BCUT2D eigenvalue weighted by Gasteiger charge is 2.23. The Labute approximate surface area is 76.9 Å². The molecule has 0 aromatic carbocycles. The number of nitrogens with two attached hydrogens (primary N) is 1. The van der Waals surface area contributed by atoms with Gasteiger partial charge in [0.15, 0.2) is 5.00 Å². The zero-order chi connectivity index (χ0) is 10.0. The van der Waals surface area contributed by atoms with E-state index in [0.29, 0.717) is 0 Å². The van der Waals surface area contributed by atoms with E-state index in [1.807, 2.05) is 0 Å². The van der Waals surface area contributed by atoms with Crippen LogP contribution in [0.15, 0.2) is 6.07 Å². The van der Waals surface area contributed by atoms with Crippen molar-refractivity contribution >= 4 is 30.3 Å². The summed E-state index contributed by atoms with van der Waals surface area (Å²) in [5.74, 6) is 0. The van der Waals surface area contributed by atoms with Crippen molar-refractivity contribution in [2.75, 3.05) is 5.73 Å². The maximum Gasteiger partial charge on any atom is 0.748 e. The first-order chi connectivity index (χ1) is 6.00.